The fourth-order valence-electron chi connectivity index (χ4n) is 2.96. The largest absolute Gasteiger partial charge is 0.392 e. The summed E-state index contributed by atoms with van der Waals surface area (Å²) in [7, 11) is -3.55. The average Bonchev–Trinajstić information content (AvgIpc) is 2.40. The van der Waals surface area contributed by atoms with Crippen LogP contribution in [0.15, 0.2) is 21.5 Å². The number of halogens is 1. The van der Waals surface area contributed by atoms with Crippen molar-refractivity contribution in [2.24, 2.45) is 5.92 Å². The van der Waals surface area contributed by atoms with Gasteiger partial charge in [-0.3, -0.25) is 0 Å². The van der Waals surface area contributed by atoms with E-state index in [1.807, 2.05) is 13.8 Å². The van der Waals surface area contributed by atoms with E-state index in [2.05, 4.69) is 22.9 Å². The molecular weight excluding hydrogens is 354 g/mol. The van der Waals surface area contributed by atoms with Crippen LogP contribution in [0.1, 0.15) is 37.8 Å². The van der Waals surface area contributed by atoms with Gasteiger partial charge in [-0.25, -0.2) is 8.42 Å². The average molecular weight is 376 g/mol. The molecule has 0 radical (unpaired) electrons. The molecule has 1 N–H and O–H groups in total. The van der Waals surface area contributed by atoms with E-state index in [9.17, 15) is 13.5 Å². The molecule has 1 aliphatic heterocycles. The van der Waals surface area contributed by atoms with E-state index in [1.165, 1.54) is 0 Å². The number of sulfonamides is 1. The molecule has 2 atom stereocenters. The molecule has 6 heteroatoms. The number of nitrogens with zero attached hydrogens (tertiary/aromatic N) is 1. The Bertz CT molecular complexity index is 630. The molecule has 2 rings (SSSR count). The summed E-state index contributed by atoms with van der Waals surface area (Å²) >= 11 is 3.39. The predicted molar refractivity (Wildman–Crippen MR) is 86.6 cm³/mol. The summed E-state index contributed by atoms with van der Waals surface area (Å²) in [4.78, 5) is 0.257. The maximum absolute atomic E-state index is 13.0. The highest BCUT2D eigenvalue weighted by atomic mass is 79.9. The van der Waals surface area contributed by atoms with Crippen molar-refractivity contribution >= 4 is 26.0 Å². The van der Waals surface area contributed by atoms with Gasteiger partial charge in [0.05, 0.1) is 11.5 Å². The highest BCUT2D eigenvalue weighted by Gasteiger charge is 2.34. The topological polar surface area (TPSA) is 57.6 Å². The first kappa shape index (κ1) is 16.9. The molecule has 0 saturated carbocycles. The SMILES string of the molecule is Cc1cc(CO)cc(S(=O)(=O)N2CCC(C)CC2C)c1Br. The molecule has 0 spiro atoms. The zero-order valence-electron chi connectivity index (χ0n) is 12.6. The summed E-state index contributed by atoms with van der Waals surface area (Å²) in [6, 6.07) is 3.37. The lowest BCUT2D eigenvalue weighted by molar-refractivity contribution is 0.220. The van der Waals surface area contributed by atoms with Crippen molar-refractivity contribution in [1.29, 1.82) is 0 Å². The molecule has 2 unspecified atom stereocenters. The zero-order chi connectivity index (χ0) is 15.8. The van der Waals surface area contributed by atoms with Crippen LogP contribution in [0.2, 0.25) is 0 Å². The lowest BCUT2D eigenvalue weighted by Gasteiger charge is -2.35. The van der Waals surface area contributed by atoms with Gasteiger partial charge < -0.3 is 5.11 Å². The van der Waals surface area contributed by atoms with E-state index in [4.69, 9.17) is 0 Å². The molecule has 0 aliphatic carbocycles. The van der Waals surface area contributed by atoms with Crippen molar-refractivity contribution < 1.29 is 13.5 Å². The van der Waals surface area contributed by atoms with Crippen LogP contribution in [0.5, 0.6) is 0 Å². The Morgan fingerprint density at radius 3 is 2.62 bits per heavy atom. The van der Waals surface area contributed by atoms with Gasteiger partial charge >= 0.3 is 0 Å². The van der Waals surface area contributed by atoms with Gasteiger partial charge in [0.15, 0.2) is 0 Å². The van der Waals surface area contributed by atoms with Crippen LogP contribution >= 0.6 is 15.9 Å². The smallest absolute Gasteiger partial charge is 0.244 e. The van der Waals surface area contributed by atoms with Gasteiger partial charge in [0.1, 0.15) is 0 Å². The molecule has 118 valence electrons. The van der Waals surface area contributed by atoms with Gasteiger partial charge in [0, 0.05) is 17.1 Å². The minimum Gasteiger partial charge on any atom is -0.392 e. The fraction of sp³-hybridized carbons (Fsp3) is 0.600. The van der Waals surface area contributed by atoms with Crippen LogP contribution in [0.25, 0.3) is 0 Å². The minimum absolute atomic E-state index is 0.00346. The van der Waals surface area contributed by atoms with E-state index in [-0.39, 0.29) is 17.5 Å². The third kappa shape index (κ3) is 3.33. The normalized spacial score (nSPS) is 24.2. The highest BCUT2D eigenvalue weighted by molar-refractivity contribution is 9.10. The van der Waals surface area contributed by atoms with Crippen LogP contribution in [-0.2, 0) is 16.6 Å². The van der Waals surface area contributed by atoms with Gasteiger partial charge in [-0.05, 0) is 65.7 Å². The van der Waals surface area contributed by atoms with Gasteiger partial charge in [-0.1, -0.05) is 13.0 Å². The Hall–Kier alpha value is -0.430. The Labute approximate surface area is 135 Å². The van der Waals surface area contributed by atoms with Crippen molar-refractivity contribution in [1.82, 2.24) is 4.31 Å². The number of hydrogen-bond acceptors (Lipinski definition) is 3. The molecule has 1 saturated heterocycles. The third-order valence-corrected chi connectivity index (χ3v) is 7.48. The number of piperidine rings is 1. The number of aliphatic hydroxyl groups excluding tert-OH is 1. The summed E-state index contributed by atoms with van der Waals surface area (Å²) in [5.41, 5.74) is 1.44. The van der Waals surface area contributed by atoms with Crippen molar-refractivity contribution in [3.8, 4) is 0 Å². The van der Waals surface area contributed by atoms with Crippen LogP contribution in [0, 0.1) is 12.8 Å². The first-order valence-corrected chi connectivity index (χ1v) is 9.42. The van der Waals surface area contributed by atoms with Crippen LogP contribution in [0.3, 0.4) is 0 Å². The Kier molecular flexibility index (Phi) is 5.13. The monoisotopic (exact) mass is 375 g/mol. The first-order valence-electron chi connectivity index (χ1n) is 7.19. The molecule has 0 aromatic heterocycles. The van der Waals surface area contributed by atoms with Crippen molar-refractivity contribution in [3.63, 3.8) is 0 Å². The predicted octanol–water partition coefficient (Wildman–Crippen LogP) is 3.06. The van der Waals surface area contributed by atoms with Crippen molar-refractivity contribution in [2.75, 3.05) is 6.54 Å². The van der Waals surface area contributed by atoms with Gasteiger partial charge in [0.2, 0.25) is 10.0 Å². The lowest BCUT2D eigenvalue weighted by Crippen LogP contribution is -2.44. The molecule has 1 aliphatic rings. The summed E-state index contributed by atoms with van der Waals surface area (Å²) in [6.45, 7) is 6.35. The third-order valence-electron chi connectivity index (χ3n) is 4.13. The quantitative estimate of drug-likeness (QED) is 0.882. The van der Waals surface area contributed by atoms with Gasteiger partial charge in [-0.2, -0.15) is 4.31 Å². The van der Waals surface area contributed by atoms with Crippen molar-refractivity contribution in [3.05, 3.63) is 27.7 Å². The Morgan fingerprint density at radius 2 is 2.05 bits per heavy atom. The number of aliphatic hydroxyl groups is 1. The van der Waals surface area contributed by atoms with Crippen LogP contribution in [0.4, 0.5) is 0 Å². The maximum Gasteiger partial charge on any atom is 0.244 e. The molecule has 21 heavy (non-hydrogen) atoms. The van der Waals surface area contributed by atoms with Crippen LogP contribution in [-0.4, -0.2) is 30.4 Å². The first-order chi connectivity index (χ1) is 9.77. The minimum atomic E-state index is -3.55. The second-order valence-electron chi connectivity index (χ2n) is 5.98. The number of benzene rings is 1. The Morgan fingerprint density at radius 1 is 1.38 bits per heavy atom. The second-order valence-corrected chi connectivity index (χ2v) is 8.63. The van der Waals surface area contributed by atoms with E-state index in [0.29, 0.717) is 22.5 Å². The number of rotatable bonds is 3. The number of aryl methyl sites for hydroxylation is 1. The molecule has 0 bridgehead atoms. The van der Waals surface area contributed by atoms with E-state index in [1.54, 1.807) is 16.4 Å². The number of hydrogen-bond donors (Lipinski definition) is 1. The van der Waals surface area contributed by atoms with Gasteiger partial charge in [0.25, 0.3) is 0 Å². The molecule has 1 aromatic rings. The summed E-state index contributed by atoms with van der Waals surface area (Å²) < 4.78 is 28.1. The lowest BCUT2D eigenvalue weighted by atomic mass is 9.95. The summed E-state index contributed by atoms with van der Waals surface area (Å²) in [6.07, 6.45) is 1.77. The molecular formula is C15H22BrNO3S. The molecule has 1 fully saturated rings. The maximum atomic E-state index is 13.0. The van der Waals surface area contributed by atoms with Crippen LogP contribution < -0.4 is 0 Å². The fourth-order valence-corrected chi connectivity index (χ4v) is 5.65. The van der Waals surface area contributed by atoms with Gasteiger partial charge in [-0.15, -0.1) is 0 Å². The standard InChI is InChI=1S/C15H22BrNO3S/c1-10-4-5-17(12(3)6-10)21(19,20)14-8-13(9-18)7-11(2)15(14)16/h7-8,10,12,18H,4-6,9H2,1-3H3. The molecule has 4 nitrogen and oxygen atoms in total. The second kappa shape index (κ2) is 6.36. The molecule has 0 amide bonds. The van der Waals surface area contributed by atoms with Crippen molar-refractivity contribution in [2.45, 2.75) is 51.2 Å². The van der Waals surface area contributed by atoms with E-state index >= 15 is 0 Å². The highest BCUT2D eigenvalue weighted by Crippen LogP contribution is 2.33. The zero-order valence-corrected chi connectivity index (χ0v) is 15.0. The van der Waals surface area contributed by atoms with E-state index in [0.717, 1.165) is 18.4 Å². The van der Waals surface area contributed by atoms with E-state index < -0.39 is 10.0 Å². The Balaban J connectivity index is 2.47. The summed E-state index contributed by atoms with van der Waals surface area (Å²) in [5.74, 6) is 0.556. The molecule has 1 aromatic carbocycles. The molecule has 1 heterocycles. The summed E-state index contributed by atoms with van der Waals surface area (Å²) in [5, 5.41) is 9.32.